The van der Waals surface area contributed by atoms with Gasteiger partial charge in [0, 0.05) is 30.6 Å². The molecule has 1 amide bonds. The monoisotopic (exact) mass is 431 g/mol. The minimum absolute atomic E-state index is 0.0456. The van der Waals surface area contributed by atoms with Crippen LogP contribution in [0, 0.1) is 4.77 Å². The number of carbonyl (C=O) groups is 1. The van der Waals surface area contributed by atoms with Crippen LogP contribution < -0.4 is 10.1 Å². The van der Waals surface area contributed by atoms with Crippen LogP contribution in [0.3, 0.4) is 0 Å². The summed E-state index contributed by atoms with van der Waals surface area (Å²) in [5.41, 5.74) is 0.986. The lowest BCUT2D eigenvalue weighted by Crippen LogP contribution is -2.52. The van der Waals surface area contributed by atoms with Gasteiger partial charge in [-0.15, -0.1) is 0 Å². The SMILES string of the molecule is COc1ccc(-c2n[nH]c(=S)n2CCC(=O)NCC2(N(C)C)CCCCCC2)cc1. The molecule has 0 radical (unpaired) electrons. The number of hydrogen-bond donors (Lipinski definition) is 2. The Morgan fingerprint density at radius 1 is 1.23 bits per heavy atom. The van der Waals surface area contributed by atoms with Crippen molar-refractivity contribution >= 4 is 18.1 Å². The van der Waals surface area contributed by atoms with Crippen molar-refractivity contribution in [1.29, 1.82) is 0 Å². The number of amides is 1. The van der Waals surface area contributed by atoms with Crippen molar-refractivity contribution in [2.24, 2.45) is 0 Å². The molecule has 1 aliphatic carbocycles. The van der Waals surface area contributed by atoms with Crippen LogP contribution in [0.25, 0.3) is 11.4 Å². The van der Waals surface area contributed by atoms with Crippen LogP contribution in [-0.2, 0) is 11.3 Å². The normalized spacial score (nSPS) is 16.3. The minimum atomic E-state index is 0.0456. The van der Waals surface area contributed by atoms with Crippen LogP contribution in [-0.4, -0.2) is 58.9 Å². The standard InChI is InChI=1S/C22H33N5O2S/c1-26(2)22(13-6-4-5-7-14-22)16-23-19(28)12-15-27-20(24-25-21(27)30)17-8-10-18(29-3)11-9-17/h8-11H,4-7,12-16H2,1-3H3,(H,23,28)(H,25,30). The summed E-state index contributed by atoms with van der Waals surface area (Å²) in [7, 11) is 5.89. The predicted octanol–water partition coefficient (Wildman–Crippen LogP) is 3.78. The first-order chi connectivity index (χ1) is 14.4. The van der Waals surface area contributed by atoms with Gasteiger partial charge in [0.1, 0.15) is 5.75 Å². The summed E-state index contributed by atoms with van der Waals surface area (Å²) in [6.45, 7) is 1.18. The maximum Gasteiger partial charge on any atom is 0.221 e. The van der Waals surface area contributed by atoms with Crippen LogP contribution in [0.5, 0.6) is 5.75 Å². The van der Waals surface area contributed by atoms with Crippen molar-refractivity contribution in [3.8, 4) is 17.1 Å². The maximum atomic E-state index is 12.7. The summed E-state index contributed by atoms with van der Waals surface area (Å²) in [6, 6.07) is 7.65. The molecule has 0 aliphatic heterocycles. The lowest BCUT2D eigenvalue weighted by Gasteiger charge is -2.39. The lowest BCUT2D eigenvalue weighted by atomic mass is 9.88. The van der Waals surface area contributed by atoms with Crippen molar-refractivity contribution in [2.45, 2.75) is 57.0 Å². The molecule has 3 rings (SSSR count). The first-order valence-corrected chi connectivity index (χ1v) is 11.1. The molecule has 0 atom stereocenters. The zero-order valence-corrected chi connectivity index (χ0v) is 19.1. The van der Waals surface area contributed by atoms with Gasteiger partial charge in [0.25, 0.3) is 0 Å². The molecular weight excluding hydrogens is 398 g/mol. The number of nitrogens with zero attached hydrogens (tertiary/aromatic N) is 3. The van der Waals surface area contributed by atoms with Crippen molar-refractivity contribution in [3.05, 3.63) is 29.0 Å². The molecule has 1 heterocycles. The third-order valence-corrected chi connectivity index (χ3v) is 6.58. The Kier molecular flexibility index (Phi) is 7.66. The Morgan fingerprint density at radius 2 is 1.90 bits per heavy atom. The number of likely N-dealkylation sites (N-methyl/N-ethyl adjacent to an activating group) is 1. The summed E-state index contributed by atoms with van der Waals surface area (Å²) >= 11 is 5.39. The second kappa shape index (κ2) is 10.2. The molecule has 7 nitrogen and oxygen atoms in total. The second-order valence-electron chi connectivity index (χ2n) is 8.29. The van der Waals surface area contributed by atoms with Crippen LogP contribution in [0.1, 0.15) is 44.9 Å². The van der Waals surface area contributed by atoms with Gasteiger partial charge >= 0.3 is 0 Å². The van der Waals surface area contributed by atoms with Gasteiger partial charge in [-0.1, -0.05) is 25.7 Å². The number of ether oxygens (including phenoxy) is 1. The van der Waals surface area contributed by atoms with Gasteiger partial charge in [0.05, 0.1) is 7.11 Å². The molecule has 1 fully saturated rings. The number of hydrogen-bond acceptors (Lipinski definition) is 5. The number of carbonyl (C=O) groups excluding carboxylic acids is 1. The maximum absolute atomic E-state index is 12.7. The Labute approximate surface area is 183 Å². The third-order valence-electron chi connectivity index (χ3n) is 6.27. The Hall–Kier alpha value is -2.19. The highest BCUT2D eigenvalue weighted by Crippen LogP contribution is 2.30. The van der Waals surface area contributed by atoms with E-state index in [2.05, 4.69) is 34.5 Å². The topological polar surface area (TPSA) is 75.2 Å². The number of H-pyrrole nitrogens is 1. The van der Waals surface area contributed by atoms with Gasteiger partial charge in [0.15, 0.2) is 10.6 Å². The van der Waals surface area contributed by atoms with Crippen LogP contribution in [0.2, 0.25) is 0 Å². The summed E-state index contributed by atoms with van der Waals surface area (Å²) in [5.74, 6) is 1.56. The molecule has 0 saturated heterocycles. The average molecular weight is 432 g/mol. The molecule has 1 aromatic carbocycles. The second-order valence-corrected chi connectivity index (χ2v) is 8.68. The summed E-state index contributed by atoms with van der Waals surface area (Å²) < 4.78 is 7.61. The molecule has 2 aromatic rings. The van der Waals surface area contributed by atoms with E-state index in [9.17, 15) is 4.79 Å². The number of aromatic nitrogens is 3. The summed E-state index contributed by atoms with van der Waals surface area (Å²) in [6.07, 6.45) is 7.66. The molecule has 0 bridgehead atoms. The van der Waals surface area contributed by atoms with E-state index >= 15 is 0 Å². The van der Waals surface area contributed by atoms with E-state index in [-0.39, 0.29) is 11.4 Å². The van der Waals surface area contributed by atoms with E-state index in [0.29, 0.717) is 24.3 Å². The molecule has 1 saturated carbocycles. The van der Waals surface area contributed by atoms with E-state index in [1.807, 2.05) is 28.8 Å². The predicted molar refractivity (Wildman–Crippen MR) is 121 cm³/mol. The Balaban J connectivity index is 1.62. The number of rotatable bonds is 8. The minimum Gasteiger partial charge on any atom is -0.497 e. The zero-order valence-electron chi connectivity index (χ0n) is 18.2. The van der Waals surface area contributed by atoms with Gasteiger partial charge in [-0.25, -0.2) is 0 Å². The molecule has 1 aromatic heterocycles. The highest BCUT2D eigenvalue weighted by atomic mass is 32.1. The largest absolute Gasteiger partial charge is 0.497 e. The van der Waals surface area contributed by atoms with Crippen LogP contribution in [0.15, 0.2) is 24.3 Å². The molecule has 0 unspecified atom stereocenters. The van der Waals surface area contributed by atoms with E-state index in [1.165, 1.54) is 25.7 Å². The van der Waals surface area contributed by atoms with Gasteiger partial charge in [0.2, 0.25) is 5.91 Å². The first-order valence-electron chi connectivity index (χ1n) is 10.7. The van der Waals surface area contributed by atoms with Gasteiger partial charge < -0.3 is 15.0 Å². The quantitative estimate of drug-likeness (QED) is 0.491. The molecule has 8 heteroatoms. The molecule has 30 heavy (non-hydrogen) atoms. The fraction of sp³-hybridized carbons (Fsp3) is 0.591. The molecule has 164 valence electrons. The Morgan fingerprint density at radius 3 is 2.50 bits per heavy atom. The first kappa shape index (κ1) is 22.5. The Bertz CT molecular complexity index is 880. The fourth-order valence-corrected chi connectivity index (χ4v) is 4.44. The molecule has 0 spiro atoms. The zero-order chi connectivity index (χ0) is 21.6. The van der Waals surface area contributed by atoms with E-state index < -0.39 is 0 Å². The van der Waals surface area contributed by atoms with Crippen molar-refractivity contribution < 1.29 is 9.53 Å². The summed E-state index contributed by atoms with van der Waals surface area (Å²) in [5, 5.41) is 10.4. The lowest BCUT2D eigenvalue weighted by molar-refractivity contribution is -0.122. The number of nitrogens with one attached hydrogen (secondary N) is 2. The highest BCUT2D eigenvalue weighted by molar-refractivity contribution is 7.71. The van der Waals surface area contributed by atoms with E-state index in [4.69, 9.17) is 17.0 Å². The molecule has 2 N–H and O–H groups in total. The van der Waals surface area contributed by atoms with Crippen LogP contribution in [0.4, 0.5) is 0 Å². The number of aromatic amines is 1. The number of benzene rings is 1. The fourth-order valence-electron chi connectivity index (χ4n) is 4.22. The highest BCUT2D eigenvalue weighted by Gasteiger charge is 2.33. The van der Waals surface area contributed by atoms with E-state index in [1.54, 1.807) is 7.11 Å². The third kappa shape index (κ3) is 5.29. The number of methoxy groups -OCH3 is 1. The van der Waals surface area contributed by atoms with Crippen LogP contribution >= 0.6 is 12.2 Å². The summed E-state index contributed by atoms with van der Waals surface area (Å²) in [4.78, 5) is 14.9. The van der Waals surface area contributed by atoms with Crippen molar-refractivity contribution in [3.63, 3.8) is 0 Å². The van der Waals surface area contributed by atoms with Crippen molar-refractivity contribution in [1.82, 2.24) is 25.0 Å². The van der Waals surface area contributed by atoms with Gasteiger partial charge in [-0.3, -0.25) is 14.5 Å². The average Bonchev–Trinajstić information content (AvgIpc) is 2.96. The molecular formula is C22H33N5O2S. The van der Waals surface area contributed by atoms with Gasteiger partial charge in [-0.05, 0) is 63.4 Å². The van der Waals surface area contributed by atoms with Gasteiger partial charge in [-0.2, -0.15) is 5.10 Å². The van der Waals surface area contributed by atoms with Crippen molar-refractivity contribution in [2.75, 3.05) is 27.7 Å². The smallest absolute Gasteiger partial charge is 0.221 e. The van der Waals surface area contributed by atoms with E-state index in [0.717, 1.165) is 30.0 Å². The molecule has 1 aliphatic rings.